The molecule has 0 saturated carbocycles. The van der Waals surface area contributed by atoms with Gasteiger partial charge in [-0.2, -0.15) is 5.10 Å². The zero-order valence-electron chi connectivity index (χ0n) is 15.9. The second kappa shape index (κ2) is 7.48. The van der Waals surface area contributed by atoms with E-state index in [2.05, 4.69) is 32.8 Å². The molecule has 0 bridgehead atoms. The van der Waals surface area contributed by atoms with Crippen molar-refractivity contribution in [3.63, 3.8) is 0 Å². The lowest BCUT2D eigenvalue weighted by Gasteiger charge is -2.18. The summed E-state index contributed by atoms with van der Waals surface area (Å²) in [6.07, 6.45) is 4.83. The highest BCUT2D eigenvalue weighted by atomic mass is 16.1. The minimum atomic E-state index is -0.00801. The molecule has 2 aromatic heterocycles. The maximum Gasteiger partial charge on any atom is 0.228 e. The minimum absolute atomic E-state index is 0.00801. The van der Waals surface area contributed by atoms with E-state index in [1.165, 1.54) is 11.1 Å². The summed E-state index contributed by atoms with van der Waals surface area (Å²) in [5, 5.41) is 10.5. The molecular formula is C23H21N5O. The molecule has 0 spiro atoms. The van der Waals surface area contributed by atoms with E-state index in [4.69, 9.17) is 0 Å². The van der Waals surface area contributed by atoms with Crippen LogP contribution < -0.4 is 10.6 Å². The van der Waals surface area contributed by atoms with Gasteiger partial charge in [0.15, 0.2) is 5.65 Å². The molecule has 0 radical (unpaired) electrons. The lowest BCUT2D eigenvalue weighted by atomic mass is 10.0. The molecule has 0 fully saturated rings. The van der Waals surface area contributed by atoms with Crippen molar-refractivity contribution in [1.82, 2.24) is 19.9 Å². The predicted molar refractivity (Wildman–Crippen MR) is 113 cm³/mol. The van der Waals surface area contributed by atoms with Crippen LogP contribution in [0.4, 0.5) is 5.69 Å². The SMILES string of the molecule is O=C(Cc1ccc(-c2ccn3ncnc3c2)cc1)Nc1ccc2c(c1)CNCC2. The van der Waals surface area contributed by atoms with E-state index in [1.807, 2.05) is 48.7 Å². The first kappa shape index (κ1) is 17.6. The van der Waals surface area contributed by atoms with Crippen molar-refractivity contribution in [3.8, 4) is 11.1 Å². The maximum atomic E-state index is 12.5. The summed E-state index contributed by atoms with van der Waals surface area (Å²) < 4.78 is 1.74. The van der Waals surface area contributed by atoms with E-state index < -0.39 is 0 Å². The lowest BCUT2D eigenvalue weighted by Crippen LogP contribution is -2.24. The fourth-order valence-corrected chi connectivity index (χ4v) is 3.76. The lowest BCUT2D eigenvalue weighted by molar-refractivity contribution is -0.115. The van der Waals surface area contributed by atoms with Gasteiger partial charge < -0.3 is 10.6 Å². The normalized spacial score (nSPS) is 13.2. The zero-order chi connectivity index (χ0) is 19.6. The van der Waals surface area contributed by atoms with E-state index >= 15 is 0 Å². The summed E-state index contributed by atoms with van der Waals surface area (Å²) in [5.74, 6) is -0.00801. The Morgan fingerprint density at radius 2 is 1.93 bits per heavy atom. The second-order valence-corrected chi connectivity index (χ2v) is 7.31. The Labute approximate surface area is 168 Å². The van der Waals surface area contributed by atoms with Crippen LogP contribution in [0.2, 0.25) is 0 Å². The zero-order valence-corrected chi connectivity index (χ0v) is 15.9. The highest BCUT2D eigenvalue weighted by molar-refractivity contribution is 5.92. The fourth-order valence-electron chi connectivity index (χ4n) is 3.76. The summed E-state index contributed by atoms with van der Waals surface area (Å²) in [5.41, 5.74) is 7.44. The molecule has 4 aromatic rings. The standard InChI is InChI=1S/C23H21N5O/c29-23(27-21-6-5-18-7-9-24-14-20(18)12-21)11-16-1-3-17(4-2-16)19-8-10-28-22(13-19)25-15-26-28/h1-6,8,10,12-13,15,24H,7,9,11,14H2,(H,27,29). The molecule has 1 aliphatic heterocycles. The van der Waals surface area contributed by atoms with E-state index in [1.54, 1.807) is 10.8 Å². The number of anilines is 1. The monoisotopic (exact) mass is 383 g/mol. The van der Waals surface area contributed by atoms with Gasteiger partial charge in [-0.15, -0.1) is 0 Å². The van der Waals surface area contributed by atoms with Crippen molar-refractivity contribution in [2.24, 2.45) is 0 Å². The molecule has 1 aliphatic rings. The van der Waals surface area contributed by atoms with Gasteiger partial charge in [0.25, 0.3) is 0 Å². The number of nitrogens with zero attached hydrogens (tertiary/aromatic N) is 3. The first-order valence-corrected chi connectivity index (χ1v) is 9.76. The molecule has 2 aromatic carbocycles. The van der Waals surface area contributed by atoms with Crippen LogP contribution in [-0.4, -0.2) is 27.0 Å². The van der Waals surface area contributed by atoms with Crippen LogP contribution in [0.15, 0.2) is 67.1 Å². The first-order chi connectivity index (χ1) is 14.2. The van der Waals surface area contributed by atoms with Crippen molar-refractivity contribution < 1.29 is 4.79 Å². The number of aromatic nitrogens is 3. The minimum Gasteiger partial charge on any atom is -0.326 e. The van der Waals surface area contributed by atoms with Crippen molar-refractivity contribution in [1.29, 1.82) is 0 Å². The number of nitrogens with one attached hydrogen (secondary N) is 2. The van der Waals surface area contributed by atoms with Crippen molar-refractivity contribution >= 4 is 17.2 Å². The van der Waals surface area contributed by atoms with Gasteiger partial charge in [0, 0.05) is 18.4 Å². The van der Waals surface area contributed by atoms with Gasteiger partial charge in [-0.1, -0.05) is 30.3 Å². The third kappa shape index (κ3) is 3.75. The van der Waals surface area contributed by atoms with Crippen LogP contribution >= 0.6 is 0 Å². The Bertz CT molecular complexity index is 1180. The van der Waals surface area contributed by atoms with E-state index in [0.29, 0.717) is 6.42 Å². The Kier molecular flexibility index (Phi) is 4.54. The van der Waals surface area contributed by atoms with Crippen LogP contribution in [0, 0.1) is 0 Å². The number of hydrogen-bond acceptors (Lipinski definition) is 4. The van der Waals surface area contributed by atoms with Crippen LogP contribution in [0.25, 0.3) is 16.8 Å². The van der Waals surface area contributed by atoms with E-state index in [0.717, 1.165) is 47.5 Å². The third-order valence-corrected chi connectivity index (χ3v) is 5.31. The fraction of sp³-hybridized carbons (Fsp3) is 0.174. The molecule has 5 rings (SSSR count). The van der Waals surface area contributed by atoms with Gasteiger partial charge >= 0.3 is 0 Å². The highest BCUT2D eigenvalue weighted by Crippen LogP contribution is 2.22. The number of carbonyl (C=O) groups is 1. The first-order valence-electron chi connectivity index (χ1n) is 9.76. The average molecular weight is 383 g/mol. The van der Waals surface area contributed by atoms with Gasteiger partial charge in [-0.3, -0.25) is 4.79 Å². The third-order valence-electron chi connectivity index (χ3n) is 5.31. The van der Waals surface area contributed by atoms with E-state index in [9.17, 15) is 4.79 Å². The van der Waals surface area contributed by atoms with Crippen LogP contribution in [0.5, 0.6) is 0 Å². The van der Waals surface area contributed by atoms with Crippen LogP contribution in [0.1, 0.15) is 16.7 Å². The molecule has 0 atom stereocenters. The van der Waals surface area contributed by atoms with Gasteiger partial charge in [-0.25, -0.2) is 9.50 Å². The van der Waals surface area contributed by atoms with E-state index in [-0.39, 0.29) is 5.91 Å². The number of fused-ring (bicyclic) bond motifs is 2. The number of carbonyl (C=O) groups excluding carboxylic acids is 1. The van der Waals surface area contributed by atoms with Crippen molar-refractivity contribution in [2.75, 3.05) is 11.9 Å². The highest BCUT2D eigenvalue weighted by Gasteiger charge is 2.11. The predicted octanol–water partition coefficient (Wildman–Crippen LogP) is 3.22. The Morgan fingerprint density at radius 3 is 2.83 bits per heavy atom. The Hall–Kier alpha value is -3.51. The number of hydrogen-bond donors (Lipinski definition) is 2. The van der Waals surface area contributed by atoms with Crippen LogP contribution in [0.3, 0.4) is 0 Å². The average Bonchev–Trinajstić information content (AvgIpc) is 3.22. The largest absolute Gasteiger partial charge is 0.326 e. The number of amides is 1. The summed E-state index contributed by atoms with van der Waals surface area (Å²) in [7, 11) is 0. The summed E-state index contributed by atoms with van der Waals surface area (Å²) in [6.45, 7) is 1.88. The summed E-state index contributed by atoms with van der Waals surface area (Å²) in [4.78, 5) is 16.7. The van der Waals surface area contributed by atoms with Gasteiger partial charge in [0.2, 0.25) is 5.91 Å². The van der Waals surface area contributed by atoms with Gasteiger partial charge in [-0.05, 0) is 65.0 Å². The molecule has 3 heterocycles. The molecule has 0 saturated heterocycles. The molecule has 6 heteroatoms. The molecule has 0 aliphatic carbocycles. The van der Waals surface area contributed by atoms with Crippen LogP contribution in [-0.2, 0) is 24.2 Å². The molecule has 6 nitrogen and oxygen atoms in total. The smallest absolute Gasteiger partial charge is 0.228 e. The van der Waals surface area contributed by atoms with Gasteiger partial charge in [0.05, 0.1) is 6.42 Å². The molecule has 1 amide bonds. The molecule has 2 N–H and O–H groups in total. The second-order valence-electron chi connectivity index (χ2n) is 7.31. The number of benzene rings is 2. The van der Waals surface area contributed by atoms with Crippen molar-refractivity contribution in [3.05, 3.63) is 83.8 Å². The summed E-state index contributed by atoms with van der Waals surface area (Å²) in [6, 6.07) is 18.3. The summed E-state index contributed by atoms with van der Waals surface area (Å²) >= 11 is 0. The maximum absolute atomic E-state index is 12.5. The topological polar surface area (TPSA) is 71.3 Å². The number of rotatable bonds is 4. The number of pyridine rings is 1. The Balaban J connectivity index is 1.26. The van der Waals surface area contributed by atoms with Gasteiger partial charge in [0.1, 0.15) is 6.33 Å². The molecule has 29 heavy (non-hydrogen) atoms. The van der Waals surface area contributed by atoms with Crippen molar-refractivity contribution in [2.45, 2.75) is 19.4 Å². The Morgan fingerprint density at radius 1 is 1.03 bits per heavy atom. The molecular weight excluding hydrogens is 362 g/mol. The quantitative estimate of drug-likeness (QED) is 0.568. The molecule has 144 valence electrons. The molecule has 0 unspecified atom stereocenters.